The van der Waals surface area contributed by atoms with Gasteiger partial charge in [0.25, 0.3) is 0 Å². The Morgan fingerprint density at radius 3 is 2.26 bits per heavy atom. The Labute approximate surface area is 112 Å². The molecular formula is C16H16O3. The van der Waals surface area contributed by atoms with Crippen LogP contribution in [0, 0.1) is 0 Å². The lowest BCUT2D eigenvalue weighted by atomic mass is 10.1. The summed E-state index contributed by atoms with van der Waals surface area (Å²) in [5.74, 6) is 1.22. The number of carbonyl (C=O) groups is 1. The Morgan fingerprint density at radius 2 is 1.63 bits per heavy atom. The zero-order chi connectivity index (χ0) is 13.5. The van der Waals surface area contributed by atoms with Crippen LogP contribution >= 0.6 is 0 Å². The molecule has 0 amide bonds. The van der Waals surface area contributed by atoms with E-state index < -0.39 is 6.10 Å². The minimum atomic E-state index is -0.622. The molecule has 1 atom stereocenters. The fraction of sp³-hybridized carbons (Fsp3) is 0.188. The fourth-order valence-corrected chi connectivity index (χ4v) is 1.78. The lowest BCUT2D eigenvalue weighted by Gasteiger charge is -2.16. The Hall–Kier alpha value is -2.29. The molecule has 0 radical (unpaired) electrons. The Bertz CT molecular complexity index is 523. The average Bonchev–Trinajstić information content (AvgIpc) is 2.47. The van der Waals surface area contributed by atoms with E-state index in [0.29, 0.717) is 18.1 Å². The lowest BCUT2D eigenvalue weighted by molar-refractivity contribution is -0.113. The molecule has 0 aromatic heterocycles. The molecule has 0 spiro atoms. The van der Waals surface area contributed by atoms with Gasteiger partial charge in [-0.1, -0.05) is 42.5 Å². The molecule has 1 unspecified atom stereocenters. The summed E-state index contributed by atoms with van der Waals surface area (Å²) < 4.78 is 11.2. The summed E-state index contributed by atoms with van der Waals surface area (Å²) in [6.07, 6.45) is 0.167. The largest absolute Gasteiger partial charge is 0.490 e. The molecule has 98 valence electrons. The second-order valence-electron chi connectivity index (χ2n) is 3.96. The van der Waals surface area contributed by atoms with E-state index in [1.807, 2.05) is 55.5 Å². The van der Waals surface area contributed by atoms with Gasteiger partial charge in [0.2, 0.25) is 0 Å². The molecule has 2 rings (SSSR count). The topological polar surface area (TPSA) is 35.5 Å². The van der Waals surface area contributed by atoms with Crippen molar-refractivity contribution < 1.29 is 14.3 Å². The predicted octanol–water partition coefficient (Wildman–Crippen LogP) is 3.40. The molecule has 3 heteroatoms. The normalized spacial score (nSPS) is 11.6. The number of ether oxygens (including phenoxy) is 2. The van der Waals surface area contributed by atoms with E-state index in [9.17, 15) is 4.79 Å². The summed E-state index contributed by atoms with van der Waals surface area (Å²) in [5.41, 5.74) is 0.823. The fourth-order valence-electron chi connectivity index (χ4n) is 1.78. The predicted molar refractivity (Wildman–Crippen MR) is 73.5 cm³/mol. The van der Waals surface area contributed by atoms with Crippen molar-refractivity contribution in [2.24, 2.45) is 0 Å². The maximum absolute atomic E-state index is 11.2. The smallest absolute Gasteiger partial charge is 0.179 e. The third kappa shape index (κ3) is 3.35. The van der Waals surface area contributed by atoms with Crippen molar-refractivity contribution in [1.82, 2.24) is 0 Å². The first-order chi connectivity index (χ1) is 9.35. The molecule has 0 saturated carbocycles. The van der Waals surface area contributed by atoms with Gasteiger partial charge in [-0.25, -0.2) is 0 Å². The van der Waals surface area contributed by atoms with Crippen LogP contribution in [0.4, 0.5) is 0 Å². The molecule has 0 saturated heterocycles. The second-order valence-corrected chi connectivity index (χ2v) is 3.96. The number of hydrogen-bond donors (Lipinski definition) is 0. The quantitative estimate of drug-likeness (QED) is 0.743. The Balaban J connectivity index is 2.21. The van der Waals surface area contributed by atoms with Gasteiger partial charge in [-0.15, -0.1) is 0 Å². The van der Waals surface area contributed by atoms with Crippen LogP contribution < -0.4 is 9.47 Å². The van der Waals surface area contributed by atoms with Gasteiger partial charge < -0.3 is 9.47 Å². The van der Waals surface area contributed by atoms with Crippen molar-refractivity contribution >= 4 is 6.29 Å². The zero-order valence-corrected chi connectivity index (χ0v) is 10.8. The maximum Gasteiger partial charge on any atom is 0.179 e. The van der Waals surface area contributed by atoms with E-state index >= 15 is 0 Å². The summed E-state index contributed by atoms with van der Waals surface area (Å²) in [7, 11) is 0. The number of rotatable bonds is 6. The van der Waals surface area contributed by atoms with Crippen molar-refractivity contribution in [3.05, 3.63) is 60.2 Å². The van der Waals surface area contributed by atoms with Gasteiger partial charge in [-0.2, -0.15) is 0 Å². The molecule has 0 aliphatic rings. The van der Waals surface area contributed by atoms with Crippen LogP contribution in [-0.4, -0.2) is 12.9 Å². The van der Waals surface area contributed by atoms with Gasteiger partial charge in [0.05, 0.1) is 6.61 Å². The van der Waals surface area contributed by atoms with E-state index in [-0.39, 0.29) is 0 Å². The van der Waals surface area contributed by atoms with Crippen LogP contribution in [0.2, 0.25) is 0 Å². The van der Waals surface area contributed by atoms with Crippen molar-refractivity contribution in [3.63, 3.8) is 0 Å². The summed E-state index contributed by atoms with van der Waals surface area (Å²) >= 11 is 0. The number of hydrogen-bond acceptors (Lipinski definition) is 3. The minimum Gasteiger partial charge on any atom is -0.490 e. The molecule has 0 N–H and O–H groups in total. The number of para-hydroxylation sites is 2. The maximum atomic E-state index is 11.2. The lowest BCUT2D eigenvalue weighted by Crippen LogP contribution is -2.09. The highest BCUT2D eigenvalue weighted by Crippen LogP contribution is 2.30. The molecule has 0 fully saturated rings. The Kier molecular flexibility index (Phi) is 4.56. The number of benzene rings is 2. The van der Waals surface area contributed by atoms with Crippen LogP contribution in [0.5, 0.6) is 11.5 Å². The first-order valence-electron chi connectivity index (χ1n) is 6.24. The molecule has 0 bridgehead atoms. The molecule has 2 aromatic carbocycles. The number of aldehydes is 1. The monoisotopic (exact) mass is 256 g/mol. The highest BCUT2D eigenvalue weighted by atomic mass is 16.5. The standard InChI is InChI=1S/C16H16O3/c1-2-18-14-10-6-7-11-15(14)19-16(12-17)13-8-4-3-5-9-13/h3-12,16H,2H2,1H3. The van der Waals surface area contributed by atoms with Crippen molar-refractivity contribution in [3.8, 4) is 11.5 Å². The highest BCUT2D eigenvalue weighted by Gasteiger charge is 2.14. The summed E-state index contributed by atoms with van der Waals surface area (Å²) in [4.78, 5) is 11.2. The second kappa shape index (κ2) is 6.59. The van der Waals surface area contributed by atoms with E-state index in [0.717, 1.165) is 11.8 Å². The average molecular weight is 256 g/mol. The SMILES string of the molecule is CCOc1ccccc1OC(C=O)c1ccccc1. The summed E-state index contributed by atoms with van der Waals surface area (Å²) in [6.45, 7) is 2.46. The van der Waals surface area contributed by atoms with Crippen molar-refractivity contribution in [1.29, 1.82) is 0 Å². The van der Waals surface area contributed by atoms with E-state index in [1.54, 1.807) is 6.07 Å². The third-order valence-corrected chi connectivity index (χ3v) is 2.65. The first-order valence-corrected chi connectivity index (χ1v) is 6.24. The summed E-state index contributed by atoms with van der Waals surface area (Å²) in [5, 5.41) is 0. The minimum absolute atomic E-state index is 0.553. The number of carbonyl (C=O) groups excluding carboxylic acids is 1. The molecular weight excluding hydrogens is 240 g/mol. The van der Waals surface area contributed by atoms with Crippen molar-refractivity contribution in [2.75, 3.05) is 6.61 Å². The van der Waals surface area contributed by atoms with E-state index in [4.69, 9.17) is 9.47 Å². The van der Waals surface area contributed by atoms with Gasteiger partial charge in [0, 0.05) is 0 Å². The van der Waals surface area contributed by atoms with Gasteiger partial charge in [0.1, 0.15) is 0 Å². The van der Waals surface area contributed by atoms with E-state index in [1.165, 1.54) is 0 Å². The van der Waals surface area contributed by atoms with Crippen molar-refractivity contribution in [2.45, 2.75) is 13.0 Å². The van der Waals surface area contributed by atoms with Crippen LogP contribution in [0.1, 0.15) is 18.6 Å². The first kappa shape index (κ1) is 13.1. The molecule has 0 aliphatic heterocycles. The van der Waals surface area contributed by atoms with Crippen LogP contribution in [0.15, 0.2) is 54.6 Å². The van der Waals surface area contributed by atoms with Gasteiger partial charge in [0.15, 0.2) is 23.9 Å². The van der Waals surface area contributed by atoms with E-state index in [2.05, 4.69) is 0 Å². The molecule has 0 heterocycles. The molecule has 0 aliphatic carbocycles. The van der Waals surface area contributed by atoms with Gasteiger partial charge >= 0.3 is 0 Å². The van der Waals surface area contributed by atoms with Crippen LogP contribution in [0.25, 0.3) is 0 Å². The Morgan fingerprint density at radius 1 is 1.00 bits per heavy atom. The molecule has 19 heavy (non-hydrogen) atoms. The molecule has 3 nitrogen and oxygen atoms in total. The summed E-state index contributed by atoms with van der Waals surface area (Å²) in [6, 6.07) is 16.7. The van der Waals surface area contributed by atoms with Gasteiger partial charge in [-0.3, -0.25) is 4.79 Å². The highest BCUT2D eigenvalue weighted by molar-refractivity contribution is 5.61. The van der Waals surface area contributed by atoms with Gasteiger partial charge in [-0.05, 0) is 24.6 Å². The van der Waals surface area contributed by atoms with Crippen LogP contribution in [-0.2, 0) is 4.79 Å². The zero-order valence-electron chi connectivity index (χ0n) is 10.8. The van der Waals surface area contributed by atoms with Crippen LogP contribution in [0.3, 0.4) is 0 Å². The molecule has 2 aromatic rings. The third-order valence-electron chi connectivity index (χ3n) is 2.65.